The minimum atomic E-state index is -3.09. The minimum Gasteiger partial charge on any atom is -0.310 e. The summed E-state index contributed by atoms with van der Waals surface area (Å²) < 4.78 is 24.5. The Kier molecular flexibility index (Phi) is 3.86. The lowest BCUT2D eigenvalue weighted by molar-refractivity contribution is 0.300. The van der Waals surface area contributed by atoms with Crippen LogP contribution in [-0.2, 0) is 10.0 Å². The standard InChI is InChI=1S/C8H15N3O2S/c1-2-14(12,13)11-6-5-10-8(7-11)3-4-9/h8,10H,2-3,5-7H2,1H3/t8-/m0/s1. The molecule has 0 unspecified atom stereocenters. The average Bonchev–Trinajstić information content (AvgIpc) is 2.19. The van der Waals surface area contributed by atoms with Gasteiger partial charge in [0.05, 0.1) is 18.2 Å². The van der Waals surface area contributed by atoms with Crippen molar-refractivity contribution < 1.29 is 8.42 Å². The number of hydrogen-bond acceptors (Lipinski definition) is 4. The van der Waals surface area contributed by atoms with E-state index >= 15 is 0 Å². The number of rotatable bonds is 3. The molecular formula is C8H15N3O2S. The Balaban J connectivity index is 2.61. The van der Waals surface area contributed by atoms with E-state index < -0.39 is 10.0 Å². The molecule has 1 fully saturated rings. The van der Waals surface area contributed by atoms with Gasteiger partial charge < -0.3 is 5.32 Å². The van der Waals surface area contributed by atoms with Crippen molar-refractivity contribution in [3.05, 3.63) is 0 Å². The molecule has 6 heteroatoms. The Morgan fingerprint density at radius 2 is 2.36 bits per heavy atom. The van der Waals surface area contributed by atoms with E-state index in [-0.39, 0.29) is 11.8 Å². The van der Waals surface area contributed by atoms with E-state index in [1.165, 1.54) is 4.31 Å². The zero-order chi connectivity index (χ0) is 10.6. The van der Waals surface area contributed by atoms with Crippen molar-refractivity contribution >= 4 is 10.0 Å². The fourth-order valence-electron chi connectivity index (χ4n) is 1.48. The second-order valence-electron chi connectivity index (χ2n) is 3.27. The normalized spacial score (nSPS) is 24.4. The molecule has 1 heterocycles. The molecule has 1 aliphatic rings. The van der Waals surface area contributed by atoms with Crippen molar-refractivity contribution in [3.8, 4) is 6.07 Å². The molecule has 0 aliphatic carbocycles. The third kappa shape index (κ3) is 2.67. The van der Waals surface area contributed by atoms with E-state index in [1.54, 1.807) is 6.92 Å². The Labute approximate surface area is 84.8 Å². The van der Waals surface area contributed by atoms with Gasteiger partial charge in [-0.25, -0.2) is 8.42 Å². The van der Waals surface area contributed by atoms with Gasteiger partial charge in [0.2, 0.25) is 10.0 Å². The van der Waals surface area contributed by atoms with Crippen LogP contribution in [0.25, 0.3) is 0 Å². The van der Waals surface area contributed by atoms with Crippen LogP contribution in [0.5, 0.6) is 0 Å². The SMILES string of the molecule is CCS(=O)(=O)N1CCN[C@@H](CC#N)C1. The lowest BCUT2D eigenvalue weighted by Crippen LogP contribution is -2.52. The number of nitrogens with zero attached hydrogens (tertiary/aromatic N) is 2. The molecule has 0 aromatic rings. The van der Waals surface area contributed by atoms with Crippen LogP contribution in [0, 0.1) is 11.3 Å². The zero-order valence-corrected chi connectivity index (χ0v) is 9.05. The highest BCUT2D eigenvalue weighted by molar-refractivity contribution is 7.89. The molecule has 1 N–H and O–H groups in total. The molecule has 0 spiro atoms. The van der Waals surface area contributed by atoms with Crippen LogP contribution in [0.2, 0.25) is 0 Å². The Hall–Kier alpha value is -0.640. The maximum absolute atomic E-state index is 11.5. The minimum absolute atomic E-state index is 0.0184. The second-order valence-corrected chi connectivity index (χ2v) is 5.53. The molecule has 0 bridgehead atoms. The van der Waals surface area contributed by atoms with E-state index in [1.807, 2.05) is 6.07 Å². The first-order valence-corrected chi connectivity index (χ1v) is 6.29. The van der Waals surface area contributed by atoms with Crippen LogP contribution >= 0.6 is 0 Å². The maximum Gasteiger partial charge on any atom is 0.213 e. The lowest BCUT2D eigenvalue weighted by Gasteiger charge is -2.31. The smallest absolute Gasteiger partial charge is 0.213 e. The Morgan fingerprint density at radius 3 is 2.93 bits per heavy atom. The van der Waals surface area contributed by atoms with Gasteiger partial charge in [-0.15, -0.1) is 0 Å². The van der Waals surface area contributed by atoms with E-state index in [0.717, 1.165) is 0 Å². The first-order chi connectivity index (χ1) is 6.60. The molecule has 0 saturated carbocycles. The fraction of sp³-hybridized carbons (Fsp3) is 0.875. The number of hydrogen-bond donors (Lipinski definition) is 1. The highest BCUT2D eigenvalue weighted by atomic mass is 32.2. The third-order valence-electron chi connectivity index (χ3n) is 2.31. The van der Waals surface area contributed by atoms with Crippen LogP contribution in [0.15, 0.2) is 0 Å². The lowest BCUT2D eigenvalue weighted by atomic mass is 10.2. The summed E-state index contributed by atoms with van der Waals surface area (Å²) in [5, 5.41) is 11.6. The predicted molar refractivity (Wildman–Crippen MR) is 53.1 cm³/mol. The van der Waals surface area contributed by atoms with Crippen molar-refractivity contribution in [3.63, 3.8) is 0 Å². The highest BCUT2D eigenvalue weighted by Gasteiger charge is 2.26. The van der Waals surface area contributed by atoms with Crippen LogP contribution in [0.1, 0.15) is 13.3 Å². The second kappa shape index (κ2) is 4.73. The summed E-state index contributed by atoms with van der Waals surface area (Å²) in [5.41, 5.74) is 0. The molecule has 1 aliphatic heterocycles. The molecule has 0 aromatic heterocycles. The Morgan fingerprint density at radius 1 is 1.64 bits per heavy atom. The third-order valence-corrected chi connectivity index (χ3v) is 4.16. The average molecular weight is 217 g/mol. The molecule has 80 valence electrons. The van der Waals surface area contributed by atoms with Crippen molar-refractivity contribution in [1.82, 2.24) is 9.62 Å². The summed E-state index contributed by atoms with van der Waals surface area (Å²) in [6.45, 7) is 3.20. The van der Waals surface area contributed by atoms with Crippen molar-refractivity contribution in [1.29, 1.82) is 5.26 Å². The summed E-state index contributed by atoms with van der Waals surface area (Å²) in [7, 11) is -3.09. The van der Waals surface area contributed by atoms with E-state index in [9.17, 15) is 8.42 Å². The summed E-state index contributed by atoms with van der Waals surface area (Å²) in [6.07, 6.45) is 0.357. The summed E-state index contributed by atoms with van der Waals surface area (Å²) in [4.78, 5) is 0. The topological polar surface area (TPSA) is 73.2 Å². The predicted octanol–water partition coefficient (Wildman–Crippen LogP) is -0.476. The molecule has 1 rings (SSSR count). The Bertz CT molecular complexity index is 320. The molecular weight excluding hydrogens is 202 g/mol. The van der Waals surface area contributed by atoms with Crippen LogP contribution in [-0.4, -0.2) is 44.2 Å². The van der Waals surface area contributed by atoms with Gasteiger partial charge in [0, 0.05) is 25.7 Å². The van der Waals surface area contributed by atoms with Crippen LogP contribution < -0.4 is 5.32 Å². The van der Waals surface area contributed by atoms with Crippen molar-refractivity contribution in [2.24, 2.45) is 0 Å². The van der Waals surface area contributed by atoms with Crippen molar-refractivity contribution in [2.45, 2.75) is 19.4 Å². The van der Waals surface area contributed by atoms with Gasteiger partial charge in [-0.3, -0.25) is 0 Å². The van der Waals surface area contributed by atoms with Gasteiger partial charge in [-0.2, -0.15) is 9.57 Å². The van der Waals surface area contributed by atoms with Gasteiger partial charge >= 0.3 is 0 Å². The molecule has 0 radical (unpaired) electrons. The summed E-state index contributed by atoms with van der Waals surface area (Å²) in [5.74, 6) is 0.131. The quantitative estimate of drug-likeness (QED) is 0.693. The molecule has 1 saturated heterocycles. The molecule has 5 nitrogen and oxygen atoms in total. The van der Waals surface area contributed by atoms with Crippen molar-refractivity contribution in [2.75, 3.05) is 25.4 Å². The number of piperazine rings is 1. The first-order valence-electron chi connectivity index (χ1n) is 4.68. The van der Waals surface area contributed by atoms with E-state index in [2.05, 4.69) is 5.32 Å². The summed E-state index contributed by atoms with van der Waals surface area (Å²) >= 11 is 0. The monoisotopic (exact) mass is 217 g/mol. The largest absolute Gasteiger partial charge is 0.310 e. The molecule has 1 atom stereocenters. The van der Waals surface area contributed by atoms with E-state index in [0.29, 0.717) is 26.1 Å². The summed E-state index contributed by atoms with van der Waals surface area (Å²) in [6, 6.07) is 2.02. The zero-order valence-electron chi connectivity index (χ0n) is 8.23. The van der Waals surface area contributed by atoms with Gasteiger partial charge in [0.25, 0.3) is 0 Å². The maximum atomic E-state index is 11.5. The number of nitrogens with one attached hydrogen (secondary N) is 1. The van der Waals surface area contributed by atoms with Crippen LogP contribution in [0.3, 0.4) is 0 Å². The highest BCUT2D eigenvalue weighted by Crippen LogP contribution is 2.08. The molecule has 14 heavy (non-hydrogen) atoms. The van der Waals surface area contributed by atoms with Gasteiger partial charge in [-0.05, 0) is 6.92 Å². The van der Waals surface area contributed by atoms with Crippen LogP contribution in [0.4, 0.5) is 0 Å². The fourth-order valence-corrected chi connectivity index (χ4v) is 2.62. The molecule has 0 amide bonds. The van der Waals surface area contributed by atoms with E-state index in [4.69, 9.17) is 5.26 Å². The first kappa shape index (κ1) is 11.4. The molecule has 0 aromatic carbocycles. The number of sulfonamides is 1. The van der Waals surface area contributed by atoms with Gasteiger partial charge in [-0.1, -0.05) is 0 Å². The number of nitriles is 1. The van der Waals surface area contributed by atoms with Gasteiger partial charge in [0.1, 0.15) is 0 Å². The van der Waals surface area contributed by atoms with Gasteiger partial charge in [0.15, 0.2) is 0 Å².